The van der Waals surface area contributed by atoms with Crippen LogP contribution in [-0.4, -0.2) is 32.9 Å². The lowest BCUT2D eigenvalue weighted by Crippen LogP contribution is -2.53. The number of hydrogen-bond acceptors (Lipinski definition) is 5. The molecule has 0 radical (unpaired) electrons. The fourth-order valence-corrected chi connectivity index (χ4v) is 4.10. The summed E-state index contributed by atoms with van der Waals surface area (Å²) < 4.78 is 0. The van der Waals surface area contributed by atoms with Crippen LogP contribution in [0.1, 0.15) is 32.3 Å². The standard InChI is InChI=1S/C21H21N5O/c1-21(2)16-4-3-8-23-19(16)26(20(21)27)15-10-14(11-15)24-18-6-5-13-7-9-22-12-17(13)25-18/h3-9,12,14-15H,10-11H2,1-2H3,(H,24,25). The summed E-state index contributed by atoms with van der Waals surface area (Å²) >= 11 is 0. The first kappa shape index (κ1) is 16.2. The Morgan fingerprint density at radius 3 is 2.85 bits per heavy atom. The van der Waals surface area contributed by atoms with Gasteiger partial charge in [0.05, 0.1) is 17.1 Å². The van der Waals surface area contributed by atoms with Crippen LogP contribution in [0.15, 0.2) is 48.9 Å². The Balaban J connectivity index is 1.31. The molecule has 0 saturated heterocycles. The number of rotatable bonds is 3. The molecular weight excluding hydrogens is 338 g/mol. The summed E-state index contributed by atoms with van der Waals surface area (Å²) in [5, 5.41) is 4.56. The number of aromatic nitrogens is 3. The molecule has 6 nitrogen and oxygen atoms in total. The average Bonchev–Trinajstić information content (AvgIpc) is 2.85. The molecule has 1 saturated carbocycles. The number of amides is 1. The Bertz CT molecular complexity index is 1040. The van der Waals surface area contributed by atoms with Gasteiger partial charge in [0.1, 0.15) is 11.6 Å². The third-order valence-corrected chi connectivity index (χ3v) is 5.77. The molecule has 1 amide bonds. The van der Waals surface area contributed by atoms with E-state index in [4.69, 9.17) is 0 Å². The highest BCUT2D eigenvalue weighted by Crippen LogP contribution is 2.44. The van der Waals surface area contributed by atoms with Crippen LogP contribution in [0.4, 0.5) is 11.6 Å². The van der Waals surface area contributed by atoms with Gasteiger partial charge in [0.25, 0.3) is 0 Å². The normalized spacial score (nSPS) is 23.2. The van der Waals surface area contributed by atoms with Gasteiger partial charge < -0.3 is 5.32 Å². The number of nitrogens with zero attached hydrogens (tertiary/aromatic N) is 4. The number of hydrogen-bond donors (Lipinski definition) is 1. The number of fused-ring (bicyclic) bond motifs is 2. The van der Waals surface area contributed by atoms with Crippen LogP contribution in [-0.2, 0) is 10.2 Å². The van der Waals surface area contributed by atoms with Crippen molar-refractivity contribution in [2.45, 2.75) is 44.2 Å². The molecule has 0 unspecified atom stereocenters. The lowest BCUT2D eigenvalue weighted by molar-refractivity contribution is -0.122. The van der Waals surface area contributed by atoms with Crippen LogP contribution in [0, 0.1) is 0 Å². The Labute approximate surface area is 157 Å². The van der Waals surface area contributed by atoms with E-state index in [1.165, 1.54) is 0 Å². The largest absolute Gasteiger partial charge is 0.367 e. The first-order valence-electron chi connectivity index (χ1n) is 9.30. The molecule has 2 aliphatic rings. The molecule has 0 atom stereocenters. The number of nitrogens with one attached hydrogen (secondary N) is 1. The Morgan fingerprint density at radius 1 is 1.15 bits per heavy atom. The summed E-state index contributed by atoms with van der Waals surface area (Å²) in [7, 11) is 0. The predicted octanol–water partition coefficient (Wildman–Crippen LogP) is 3.29. The van der Waals surface area contributed by atoms with E-state index >= 15 is 0 Å². The minimum absolute atomic E-state index is 0.148. The van der Waals surface area contributed by atoms with Gasteiger partial charge in [-0.3, -0.25) is 14.7 Å². The van der Waals surface area contributed by atoms with Crippen LogP contribution in [0.3, 0.4) is 0 Å². The predicted molar refractivity (Wildman–Crippen MR) is 105 cm³/mol. The van der Waals surface area contributed by atoms with Gasteiger partial charge in [0, 0.05) is 35.4 Å². The van der Waals surface area contributed by atoms with E-state index in [2.05, 4.69) is 26.3 Å². The summed E-state index contributed by atoms with van der Waals surface area (Å²) in [6.07, 6.45) is 7.10. The van der Waals surface area contributed by atoms with E-state index in [-0.39, 0.29) is 11.9 Å². The second kappa shape index (κ2) is 5.74. The third-order valence-electron chi connectivity index (χ3n) is 5.77. The molecule has 0 bridgehead atoms. The summed E-state index contributed by atoms with van der Waals surface area (Å²) in [4.78, 5) is 28.1. The summed E-state index contributed by atoms with van der Waals surface area (Å²) in [5.74, 6) is 1.82. The van der Waals surface area contributed by atoms with Gasteiger partial charge in [0.15, 0.2) is 0 Å². The van der Waals surface area contributed by atoms with Gasteiger partial charge in [-0.2, -0.15) is 0 Å². The first-order chi connectivity index (χ1) is 13.0. The molecule has 4 heterocycles. The first-order valence-corrected chi connectivity index (χ1v) is 9.30. The maximum absolute atomic E-state index is 13.0. The molecule has 1 N–H and O–H groups in total. The molecule has 0 aromatic carbocycles. The van der Waals surface area contributed by atoms with Crippen LogP contribution in [0.5, 0.6) is 0 Å². The summed E-state index contributed by atoms with van der Waals surface area (Å²) in [6.45, 7) is 3.97. The zero-order valence-electron chi connectivity index (χ0n) is 15.4. The van der Waals surface area contributed by atoms with Crippen molar-refractivity contribution >= 4 is 28.4 Å². The highest BCUT2D eigenvalue weighted by atomic mass is 16.2. The van der Waals surface area contributed by atoms with Crippen molar-refractivity contribution in [2.24, 2.45) is 0 Å². The van der Waals surface area contributed by atoms with E-state index in [1.54, 1.807) is 18.6 Å². The van der Waals surface area contributed by atoms with Gasteiger partial charge in [-0.05, 0) is 51.0 Å². The maximum Gasteiger partial charge on any atom is 0.238 e. The van der Waals surface area contributed by atoms with Crippen LogP contribution < -0.4 is 10.2 Å². The minimum atomic E-state index is -0.505. The molecule has 27 heavy (non-hydrogen) atoms. The SMILES string of the molecule is CC1(C)C(=O)N(C2CC(Nc3ccc4ccncc4n3)C2)c2ncccc21. The fourth-order valence-electron chi connectivity index (χ4n) is 4.10. The van der Waals surface area contributed by atoms with Gasteiger partial charge in [-0.15, -0.1) is 0 Å². The van der Waals surface area contributed by atoms with Crippen molar-refractivity contribution in [1.29, 1.82) is 0 Å². The van der Waals surface area contributed by atoms with E-state index < -0.39 is 5.41 Å². The average molecular weight is 359 g/mol. The van der Waals surface area contributed by atoms with Crippen molar-refractivity contribution in [3.05, 3.63) is 54.5 Å². The summed E-state index contributed by atoms with van der Waals surface area (Å²) in [5.41, 5.74) is 1.40. The quantitative estimate of drug-likeness (QED) is 0.777. The van der Waals surface area contributed by atoms with E-state index in [1.807, 2.05) is 43.0 Å². The van der Waals surface area contributed by atoms with Gasteiger partial charge in [0.2, 0.25) is 5.91 Å². The Kier molecular flexibility index (Phi) is 3.44. The third kappa shape index (κ3) is 2.47. The zero-order valence-corrected chi connectivity index (χ0v) is 15.4. The molecule has 1 aliphatic carbocycles. The number of pyridine rings is 3. The highest BCUT2D eigenvalue weighted by Gasteiger charge is 2.50. The highest BCUT2D eigenvalue weighted by molar-refractivity contribution is 6.07. The Morgan fingerprint density at radius 2 is 2.00 bits per heavy atom. The molecular formula is C21H21N5O. The smallest absolute Gasteiger partial charge is 0.238 e. The van der Waals surface area contributed by atoms with Crippen LogP contribution in [0.2, 0.25) is 0 Å². The molecule has 0 spiro atoms. The summed E-state index contributed by atoms with van der Waals surface area (Å²) in [6, 6.07) is 10.4. The topological polar surface area (TPSA) is 71.0 Å². The number of carbonyl (C=O) groups is 1. The molecule has 6 heteroatoms. The molecule has 1 aliphatic heterocycles. The van der Waals surface area contributed by atoms with Crippen molar-refractivity contribution in [2.75, 3.05) is 10.2 Å². The monoisotopic (exact) mass is 359 g/mol. The van der Waals surface area contributed by atoms with Crippen molar-refractivity contribution in [3.8, 4) is 0 Å². The molecule has 136 valence electrons. The maximum atomic E-state index is 13.0. The molecule has 5 rings (SSSR count). The second-order valence-electron chi connectivity index (χ2n) is 7.91. The van der Waals surface area contributed by atoms with Crippen molar-refractivity contribution in [1.82, 2.24) is 15.0 Å². The van der Waals surface area contributed by atoms with Crippen LogP contribution in [0.25, 0.3) is 10.9 Å². The van der Waals surface area contributed by atoms with Gasteiger partial charge >= 0.3 is 0 Å². The van der Waals surface area contributed by atoms with E-state index in [0.717, 1.165) is 40.9 Å². The molecule has 3 aromatic rings. The van der Waals surface area contributed by atoms with E-state index in [9.17, 15) is 4.79 Å². The van der Waals surface area contributed by atoms with Crippen LogP contribution >= 0.6 is 0 Å². The van der Waals surface area contributed by atoms with Crippen molar-refractivity contribution in [3.63, 3.8) is 0 Å². The Hall–Kier alpha value is -3.02. The second-order valence-corrected chi connectivity index (χ2v) is 7.91. The van der Waals surface area contributed by atoms with Gasteiger partial charge in [-0.1, -0.05) is 6.07 Å². The van der Waals surface area contributed by atoms with Gasteiger partial charge in [-0.25, -0.2) is 9.97 Å². The molecule has 3 aromatic heterocycles. The zero-order chi connectivity index (χ0) is 18.6. The lowest BCUT2D eigenvalue weighted by atomic mass is 9.84. The number of carbonyl (C=O) groups excluding carboxylic acids is 1. The van der Waals surface area contributed by atoms with Crippen molar-refractivity contribution < 1.29 is 4.79 Å². The molecule has 1 fully saturated rings. The van der Waals surface area contributed by atoms with E-state index in [0.29, 0.717) is 6.04 Å². The minimum Gasteiger partial charge on any atom is -0.367 e. The lowest BCUT2D eigenvalue weighted by Gasteiger charge is -2.41. The fraction of sp³-hybridized carbons (Fsp3) is 0.333. The number of anilines is 2.